The number of hydrogen-bond donors (Lipinski definition) is 2. The van der Waals surface area contributed by atoms with E-state index < -0.39 is 25.6 Å². The molecule has 0 spiro atoms. The number of tetrazole rings is 1. The van der Waals surface area contributed by atoms with Crippen LogP contribution in [0, 0.1) is 5.82 Å². The van der Waals surface area contributed by atoms with Crippen LogP contribution >= 0.6 is 7.57 Å². The van der Waals surface area contributed by atoms with Gasteiger partial charge in [-0.15, -0.1) is 10.2 Å². The highest BCUT2D eigenvalue weighted by Crippen LogP contribution is 2.36. The molecule has 1 saturated heterocycles. The monoisotopic (exact) mass is 448 g/mol. The number of amides is 1. The lowest BCUT2D eigenvalue weighted by atomic mass is 10.1. The Kier molecular flexibility index (Phi) is 5.54. The largest absolute Gasteiger partial charge is 0.441 e. The lowest BCUT2D eigenvalue weighted by molar-refractivity contribution is 0.0977. The molecule has 1 atom stereocenters. The number of aromatic nitrogens is 5. The molecule has 4 rings (SSSR count). The SMILES string of the molecule is C=P(O)(O)OC[C@H]1CN(c2ccc(-c3ccc(-c4nnn(C)n4)nc3)c(F)c2)C(=O)O1. The first kappa shape index (κ1) is 21.1. The highest BCUT2D eigenvalue weighted by molar-refractivity contribution is 7.57. The van der Waals surface area contributed by atoms with Gasteiger partial charge in [0.15, 0.2) is 0 Å². The second-order valence-corrected chi connectivity index (χ2v) is 8.36. The van der Waals surface area contributed by atoms with Gasteiger partial charge in [0.25, 0.3) is 0 Å². The summed E-state index contributed by atoms with van der Waals surface area (Å²) in [4.78, 5) is 37.3. The van der Waals surface area contributed by atoms with Crippen molar-refractivity contribution in [1.82, 2.24) is 25.2 Å². The van der Waals surface area contributed by atoms with Gasteiger partial charge in [-0.25, -0.2) is 9.18 Å². The summed E-state index contributed by atoms with van der Waals surface area (Å²) in [5, 5.41) is 11.7. The lowest BCUT2D eigenvalue weighted by Crippen LogP contribution is -2.25. The van der Waals surface area contributed by atoms with E-state index in [1.807, 2.05) is 0 Å². The first-order chi connectivity index (χ1) is 14.7. The normalized spacial score (nSPS) is 16.6. The van der Waals surface area contributed by atoms with Crippen LogP contribution in [0.4, 0.5) is 14.9 Å². The summed E-state index contributed by atoms with van der Waals surface area (Å²) in [6.45, 7) is -0.162. The van der Waals surface area contributed by atoms with Crippen molar-refractivity contribution in [2.75, 3.05) is 18.1 Å². The van der Waals surface area contributed by atoms with E-state index in [0.717, 1.165) is 0 Å². The third-order valence-corrected chi connectivity index (χ3v) is 4.98. The van der Waals surface area contributed by atoms with Crippen LogP contribution in [0.3, 0.4) is 0 Å². The lowest BCUT2D eigenvalue weighted by Gasteiger charge is -2.15. The Morgan fingerprint density at radius 1 is 1.35 bits per heavy atom. The molecule has 1 fully saturated rings. The van der Waals surface area contributed by atoms with Gasteiger partial charge in [0, 0.05) is 17.3 Å². The first-order valence-corrected chi connectivity index (χ1v) is 10.8. The summed E-state index contributed by atoms with van der Waals surface area (Å²) >= 11 is 0. The van der Waals surface area contributed by atoms with Crippen LogP contribution in [0.5, 0.6) is 0 Å². The smallest absolute Gasteiger partial charge is 0.414 e. The summed E-state index contributed by atoms with van der Waals surface area (Å²) in [6, 6.07) is 7.68. The number of pyridine rings is 1. The number of aryl methyl sites for hydroxylation is 1. The minimum absolute atomic E-state index is 0.0684. The Hall–Kier alpha value is -3.18. The van der Waals surface area contributed by atoms with E-state index in [1.165, 1.54) is 28.0 Å². The van der Waals surface area contributed by atoms with E-state index in [-0.39, 0.29) is 13.2 Å². The predicted molar refractivity (Wildman–Crippen MR) is 109 cm³/mol. The second kappa shape index (κ2) is 8.16. The molecule has 0 radical (unpaired) electrons. The minimum atomic E-state index is -3.69. The standard InChI is InChI=1S/C18H18FN6O5P/c1-24-22-17(21-23-24)16-6-3-11(8-20-16)14-5-4-12(7-15(14)19)25-9-13(30-18(25)26)10-29-31(2,27)28/h3-8,13,27-28H,2,9-10H2,1H3/t13-/m1/s1. The third-order valence-electron chi connectivity index (χ3n) is 4.42. The number of carbonyl (C=O) groups excluding carboxylic acids is 1. The number of rotatable bonds is 6. The Morgan fingerprint density at radius 3 is 2.77 bits per heavy atom. The van der Waals surface area contributed by atoms with Crippen LogP contribution < -0.4 is 4.90 Å². The van der Waals surface area contributed by atoms with Crippen LogP contribution in [0.25, 0.3) is 22.6 Å². The van der Waals surface area contributed by atoms with Crippen LogP contribution in [-0.2, 0) is 16.3 Å². The number of benzene rings is 1. The topological polar surface area (TPSA) is 136 Å². The Morgan fingerprint density at radius 2 is 2.16 bits per heavy atom. The van der Waals surface area contributed by atoms with Gasteiger partial charge in [0.05, 0.1) is 25.9 Å². The molecule has 0 saturated carbocycles. The summed E-state index contributed by atoms with van der Waals surface area (Å²) in [7, 11) is -2.05. The molecule has 0 bridgehead atoms. The molecule has 3 heterocycles. The van der Waals surface area contributed by atoms with Gasteiger partial charge in [-0.05, 0) is 35.8 Å². The van der Waals surface area contributed by atoms with Crippen molar-refractivity contribution >= 4 is 25.6 Å². The summed E-state index contributed by atoms with van der Waals surface area (Å²) in [5.74, 6) is -0.192. The zero-order chi connectivity index (χ0) is 22.2. The molecule has 162 valence electrons. The van der Waals surface area contributed by atoms with Gasteiger partial charge in [-0.1, -0.05) is 6.07 Å². The highest BCUT2D eigenvalue weighted by Gasteiger charge is 2.33. The second-order valence-electron chi connectivity index (χ2n) is 6.78. The van der Waals surface area contributed by atoms with Crippen molar-refractivity contribution in [2.45, 2.75) is 6.10 Å². The molecule has 2 aromatic heterocycles. The Balaban J connectivity index is 1.49. The van der Waals surface area contributed by atoms with E-state index in [0.29, 0.717) is 28.3 Å². The highest BCUT2D eigenvalue weighted by atomic mass is 31.2. The molecule has 1 amide bonds. The van der Waals surface area contributed by atoms with Crippen molar-refractivity contribution in [1.29, 1.82) is 0 Å². The van der Waals surface area contributed by atoms with E-state index in [2.05, 4.69) is 26.7 Å². The summed E-state index contributed by atoms with van der Waals surface area (Å²) < 4.78 is 24.7. The molecule has 3 aromatic rings. The number of ether oxygens (including phenoxy) is 1. The molecule has 11 nitrogen and oxygen atoms in total. The molecule has 1 aromatic carbocycles. The number of halogens is 1. The van der Waals surface area contributed by atoms with Crippen molar-refractivity contribution < 1.29 is 28.2 Å². The Labute approximate surface area is 175 Å². The number of cyclic esters (lactones) is 1. The van der Waals surface area contributed by atoms with Gasteiger partial charge in [-0.3, -0.25) is 9.88 Å². The number of anilines is 1. The maximum absolute atomic E-state index is 14.8. The van der Waals surface area contributed by atoms with Crippen LogP contribution in [0.2, 0.25) is 0 Å². The van der Waals surface area contributed by atoms with Gasteiger partial charge in [-0.2, -0.15) is 4.80 Å². The zero-order valence-electron chi connectivity index (χ0n) is 16.3. The molecule has 2 N–H and O–H groups in total. The molecule has 1 aliphatic heterocycles. The Bertz CT molecular complexity index is 1160. The van der Waals surface area contributed by atoms with Crippen LogP contribution in [0.15, 0.2) is 36.5 Å². The molecular weight excluding hydrogens is 430 g/mol. The van der Waals surface area contributed by atoms with E-state index in [9.17, 15) is 19.0 Å². The molecule has 0 aliphatic carbocycles. The molecule has 0 unspecified atom stereocenters. The summed E-state index contributed by atoms with van der Waals surface area (Å²) in [5.41, 5.74) is 1.63. The van der Waals surface area contributed by atoms with E-state index >= 15 is 0 Å². The van der Waals surface area contributed by atoms with Gasteiger partial charge < -0.3 is 19.0 Å². The average molecular weight is 448 g/mol. The van der Waals surface area contributed by atoms with E-state index in [4.69, 9.17) is 9.26 Å². The van der Waals surface area contributed by atoms with Gasteiger partial charge >= 0.3 is 6.09 Å². The average Bonchev–Trinajstić information content (AvgIpc) is 3.31. The van der Waals surface area contributed by atoms with Crippen LogP contribution in [-0.4, -0.2) is 66.6 Å². The molecule has 13 heteroatoms. The molecular formula is C18H18FN6O5P. The maximum Gasteiger partial charge on any atom is 0.414 e. The zero-order valence-corrected chi connectivity index (χ0v) is 17.2. The number of carbonyl (C=O) groups is 1. The fraction of sp³-hybridized carbons (Fsp3) is 0.222. The fourth-order valence-electron chi connectivity index (χ4n) is 3.00. The van der Waals surface area contributed by atoms with Crippen LogP contribution in [0.1, 0.15) is 0 Å². The predicted octanol–water partition coefficient (Wildman–Crippen LogP) is 1.60. The molecule has 31 heavy (non-hydrogen) atoms. The van der Waals surface area contributed by atoms with Crippen molar-refractivity contribution in [2.24, 2.45) is 7.05 Å². The summed E-state index contributed by atoms with van der Waals surface area (Å²) in [6.07, 6.45) is 3.16. The van der Waals surface area contributed by atoms with E-state index in [1.54, 1.807) is 25.2 Å². The number of hydrogen-bond acceptors (Lipinski definition) is 9. The minimum Gasteiger partial charge on any atom is -0.441 e. The maximum atomic E-state index is 14.8. The first-order valence-electron chi connectivity index (χ1n) is 9.01. The van der Waals surface area contributed by atoms with Crippen molar-refractivity contribution in [3.63, 3.8) is 0 Å². The van der Waals surface area contributed by atoms with Gasteiger partial charge in [0.1, 0.15) is 17.6 Å². The van der Waals surface area contributed by atoms with Crippen molar-refractivity contribution in [3.05, 3.63) is 42.3 Å². The van der Waals surface area contributed by atoms with Crippen molar-refractivity contribution in [3.8, 4) is 22.6 Å². The fourth-order valence-corrected chi connectivity index (χ4v) is 3.40. The third kappa shape index (κ3) is 4.78. The molecule has 1 aliphatic rings. The van der Waals surface area contributed by atoms with Gasteiger partial charge in [0.2, 0.25) is 13.4 Å². The quantitative estimate of drug-likeness (QED) is 0.539. The number of nitrogens with zero attached hydrogens (tertiary/aromatic N) is 6.